The van der Waals surface area contributed by atoms with Crippen LogP contribution in [-0.4, -0.2) is 26.5 Å². The number of nitriles is 1. The minimum absolute atomic E-state index is 0.133. The Bertz CT molecular complexity index is 1430. The Labute approximate surface area is 163 Å². The van der Waals surface area contributed by atoms with E-state index in [0.29, 0.717) is 16.9 Å². The van der Waals surface area contributed by atoms with Gasteiger partial charge in [0.05, 0.1) is 23.2 Å². The normalized spacial score (nSPS) is 10.8. The molecule has 3 aromatic heterocycles. The van der Waals surface area contributed by atoms with Gasteiger partial charge in [0, 0.05) is 6.20 Å². The number of rotatable bonds is 3. The lowest BCUT2D eigenvalue weighted by atomic mass is 10.1. The van der Waals surface area contributed by atoms with E-state index in [2.05, 4.69) is 4.98 Å². The minimum Gasteiger partial charge on any atom is -0.462 e. The zero-order valence-corrected chi connectivity index (χ0v) is 15.3. The maximum Gasteiger partial charge on any atom is 0.338 e. The summed E-state index contributed by atoms with van der Waals surface area (Å²) in [4.78, 5) is 42.1. The maximum atomic E-state index is 12.9. The fraction of sp³-hybridized carbons (Fsp3) is 0.0952. The molecule has 0 N–H and O–H groups in total. The van der Waals surface area contributed by atoms with Crippen molar-refractivity contribution in [2.24, 2.45) is 0 Å². The number of benzene rings is 1. The first kappa shape index (κ1) is 18.1. The monoisotopic (exact) mass is 386 g/mol. The summed E-state index contributed by atoms with van der Waals surface area (Å²) >= 11 is 0. The fourth-order valence-corrected chi connectivity index (χ4v) is 3.09. The number of hydrogen-bond donors (Lipinski definition) is 0. The summed E-state index contributed by atoms with van der Waals surface area (Å²) in [5.74, 6) is -0.482. The van der Waals surface area contributed by atoms with Crippen LogP contribution in [0, 0.1) is 11.3 Å². The van der Waals surface area contributed by atoms with Gasteiger partial charge in [-0.05, 0) is 49.4 Å². The average Bonchev–Trinajstić information content (AvgIpc) is 2.74. The predicted molar refractivity (Wildman–Crippen MR) is 105 cm³/mol. The Balaban J connectivity index is 2.04. The summed E-state index contributed by atoms with van der Waals surface area (Å²) < 4.78 is 7.52. The molecule has 0 atom stereocenters. The van der Waals surface area contributed by atoms with Crippen LogP contribution in [0.15, 0.2) is 64.3 Å². The van der Waals surface area contributed by atoms with Gasteiger partial charge in [0.2, 0.25) is 0 Å². The van der Waals surface area contributed by atoms with E-state index in [0.717, 1.165) is 0 Å². The molecule has 0 unspecified atom stereocenters. The van der Waals surface area contributed by atoms with Gasteiger partial charge >= 0.3 is 5.97 Å². The number of nitrogens with zero attached hydrogens (tertiary/aromatic N) is 4. The first-order chi connectivity index (χ1) is 14.0. The Morgan fingerprint density at radius 2 is 1.90 bits per heavy atom. The molecule has 0 saturated carbocycles. The number of carbonyl (C=O) groups is 1. The van der Waals surface area contributed by atoms with E-state index in [1.807, 2.05) is 6.07 Å². The van der Waals surface area contributed by atoms with Gasteiger partial charge in [-0.1, -0.05) is 6.07 Å². The molecular formula is C21H14N4O4. The van der Waals surface area contributed by atoms with Gasteiger partial charge in [-0.3, -0.25) is 18.6 Å². The Kier molecular flexibility index (Phi) is 4.41. The summed E-state index contributed by atoms with van der Waals surface area (Å²) in [6, 6.07) is 14.3. The van der Waals surface area contributed by atoms with Crippen LogP contribution < -0.4 is 11.1 Å². The van der Waals surface area contributed by atoms with Crippen LogP contribution in [0.5, 0.6) is 0 Å². The highest BCUT2D eigenvalue weighted by atomic mass is 16.5. The molecule has 0 saturated heterocycles. The van der Waals surface area contributed by atoms with Crippen LogP contribution in [0.1, 0.15) is 22.8 Å². The molecule has 0 amide bonds. The van der Waals surface area contributed by atoms with Crippen molar-refractivity contribution in [2.45, 2.75) is 6.92 Å². The predicted octanol–water partition coefficient (Wildman–Crippen LogP) is 2.05. The highest BCUT2D eigenvalue weighted by Gasteiger charge is 2.16. The molecular weight excluding hydrogens is 372 g/mol. The number of ether oxygens (including phenoxy) is 1. The number of fused-ring (bicyclic) bond motifs is 2. The van der Waals surface area contributed by atoms with Crippen molar-refractivity contribution < 1.29 is 9.53 Å². The Morgan fingerprint density at radius 1 is 1.14 bits per heavy atom. The first-order valence-electron chi connectivity index (χ1n) is 8.80. The highest BCUT2D eigenvalue weighted by molar-refractivity contribution is 5.89. The van der Waals surface area contributed by atoms with Crippen LogP contribution in [0.3, 0.4) is 0 Å². The molecule has 0 aliphatic carbocycles. The van der Waals surface area contributed by atoms with Gasteiger partial charge in [-0.15, -0.1) is 0 Å². The zero-order valence-electron chi connectivity index (χ0n) is 15.3. The lowest BCUT2D eigenvalue weighted by Crippen LogP contribution is -2.26. The molecule has 29 heavy (non-hydrogen) atoms. The van der Waals surface area contributed by atoms with Crippen LogP contribution >= 0.6 is 0 Å². The van der Waals surface area contributed by atoms with Gasteiger partial charge < -0.3 is 4.74 Å². The first-order valence-corrected chi connectivity index (χ1v) is 8.80. The van der Waals surface area contributed by atoms with Crippen molar-refractivity contribution in [1.29, 1.82) is 5.26 Å². The molecule has 0 aliphatic heterocycles. The molecule has 0 aliphatic rings. The molecule has 1 aromatic carbocycles. The Morgan fingerprint density at radius 3 is 2.59 bits per heavy atom. The molecule has 0 fully saturated rings. The zero-order chi connectivity index (χ0) is 20.5. The lowest BCUT2D eigenvalue weighted by Gasteiger charge is -2.12. The number of aromatic nitrogens is 3. The molecule has 8 heteroatoms. The lowest BCUT2D eigenvalue weighted by molar-refractivity contribution is 0.0526. The van der Waals surface area contributed by atoms with E-state index < -0.39 is 11.5 Å². The topological polar surface area (TPSA) is 106 Å². The van der Waals surface area contributed by atoms with Crippen molar-refractivity contribution in [1.82, 2.24) is 14.0 Å². The quantitative estimate of drug-likeness (QED) is 0.394. The highest BCUT2D eigenvalue weighted by Crippen LogP contribution is 2.16. The van der Waals surface area contributed by atoms with Crippen LogP contribution in [0.2, 0.25) is 0 Å². The van der Waals surface area contributed by atoms with Gasteiger partial charge in [0.15, 0.2) is 5.65 Å². The molecule has 0 radical (unpaired) electrons. The van der Waals surface area contributed by atoms with Gasteiger partial charge in [0.1, 0.15) is 17.3 Å². The van der Waals surface area contributed by atoms with E-state index in [9.17, 15) is 19.6 Å². The summed E-state index contributed by atoms with van der Waals surface area (Å²) in [5, 5.41) is 9.51. The van der Waals surface area contributed by atoms with Crippen molar-refractivity contribution in [3.8, 4) is 11.8 Å². The SMILES string of the molecule is CCOC(=O)c1ccc(-n2c(=O)c(C#N)cc3c(=O)n4ccccc4nc32)cc1. The van der Waals surface area contributed by atoms with E-state index in [1.54, 1.807) is 43.5 Å². The third-order valence-electron chi connectivity index (χ3n) is 4.44. The van der Waals surface area contributed by atoms with Crippen molar-refractivity contribution in [2.75, 3.05) is 6.61 Å². The largest absolute Gasteiger partial charge is 0.462 e. The molecule has 4 rings (SSSR count). The number of hydrogen-bond acceptors (Lipinski definition) is 6. The van der Waals surface area contributed by atoms with Crippen molar-refractivity contribution in [3.63, 3.8) is 0 Å². The van der Waals surface area contributed by atoms with E-state index in [4.69, 9.17) is 4.74 Å². The molecule has 8 nitrogen and oxygen atoms in total. The summed E-state index contributed by atoms with van der Waals surface area (Å²) in [5.41, 5.74) is 0.0251. The second-order valence-electron chi connectivity index (χ2n) is 6.16. The van der Waals surface area contributed by atoms with Crippen LogP contribution in [0.4, 0.5) is 0 Å². The number of pyridine rings is 2. The molecule has 4 aromatic rings. The fourth-order valence-electron chi connectivity index (χ4n) is 3.09. The summed E-state index contributed by atoms with van der Waals surface area (Å²) in [6.07, 6.45) is 1.57. The third-order valence-corrected chi connectivity index (χ3v) is 4.44. The smallest absolute Gasteiger partial charge is 0.338 e. The second kappa shape index (κ2) is 7.05. The average molecular weight is 386 g/mol. The maximum absolute atomic E-state index is 12.9. The summed E-state index contributed by atoms with van der Waals surface area (Å²) in [6.45, 7) is 1.95. The van der Waals surface area contributed by atoms with Gasteiger partial charge in [0.25, 0.3) is 11.1 Å². The molecule has 3 heterocycles. The standard InChI is InChI=1S/C21H14N4O4/c1-2-29-21(28)13-6-8-15(9-7-13)25-18-16(11-14(12-22)19(25)26)20(27)24-10-4-3-5-17(24)23-18/h3-11H,2H2,1H3. The van der Waals surface area contributed by atoms with Crippen LogP contribution in [-0.2, 0) is 4.74 Å². The van der Waals surface area contributed by atoms with E-state index in [1.165, 1.54) is 27.2 Å². The van der Waals surface area contributed by atoms with Gasteiger partial charge in [-0.25, -0.2) is 9.78 Å². The van der Waals surface area contributed by atoms with E-state index >= 15 is 0 Å². The second-order valence-corrected chi connectivity index (χ2v) is 6.16. The summed E-state index contributed by atoms with van der Waals surface area (Å²) in [7, 11) is 0. The number of carbonyl (C=O) groups excluding carboxylic acids is 1. The van der Waals surface area contributed by atoms with E-state index in [-0.39, 0.29) is 28.8 Å². The van der Waals surface area contributed by atoms with Crippen molar-refractivity contribution in [3.05, 3.63) is 86.6 Å². The minimum atomic E-state index is -0.601. The third kappa shape index (κ3) is 2.95. The van der Waals surface area contributed by atoms with Crippen molar-refractivity contribution >= 4 is 22.6 Å². The molecule has 142 valence electrons. The Hall–Kier alpha value is -4.25. The van der Waals surface area contributed by atoms with Crippen LogP contribution in [0.25, 0.3) is 22.4 Å². The molecule has 0 spiro atoms. The molecule has 0 bridgehead atoms. The van der Waals surface area contributed by atoms with Gasteiger partial charge in [-0.2, -0.15) is 5.26 Å². The number of esters is 1.